The van der Waals surface area contributed by atoms with E-state index in [1.54, 1.807) is 37.1 Å². The largest absolute Gasteiger partial charge is 0.497 e. The number of ether oxygens (including phenoxy) is 2. The summed E-state index contributed by atoms with van der Waals surface area (Å²) < 4.78 is 13.3. The number of halogens is 1. The lowest BCUT2D eigenvalue weighted by Crippen LogP contribution is -2.31. The van der Waals surface area contributed by atoms with Gasteiger partial charge in [0, 0.05) is 16.2 Å². The number of rotatable bonds is 5. The normalized spacial score (nSPS) is 15.3. The number of methoxy groups -OCH3 is 2. The Morgan fingerprint density at radius 3 is 2.63 bits per heavy atom. The summed E-state index contributed by atoms with van der Waals surface area (Å²) in [4.78, 5) is 17.7. The Kier molecular flexibility index (Phi) is 5.45. The van der Waals surface area contributed by atoms with E-state index in [9.17, 15) is 4.79 Å². The van der Waals surface area contributed by atoms with E-state index in [0.717, 1.165) is 10.0 Å². The Hall–Kier alpha value is -3.33. The third kappa shape index (κ3) is 3.63. The van der Waals surface area contributed by atoms with Crippen LogP contribution in [0.15, 0.2) is 64.5 Å². The van der Waals surface area contributed by atoms with Crippen LogP contribution in [0.2, 0.25) is 0 Å². The third-order valence-corrected chi connectivity index (χ3v) is 5.41. The maximum atomic E-state index is 13.5. The zero-order chi connectivity index (χ0) is 21.3. The molecule has 0 fully saturated rings. The maximum Gasteiger partial charge on any atom is 0.255 e. The molecular weight excluding hydrogens is 450 g/mol. The fraction of sp³-hybridized carbons (Fsp3) is 0.190. The van der Waals surface area contributed by atoms with Gasteiger partial charge < -0.3 is 20.1 Å². The Labute approximate surface area is 182 Å². The van der Waals surface area contributed by atoms with Gasteiger partial charge in [-0.1, -0.05) is 28.1 Å². The monoisotopic (exact) mass is 469 g/mol. The Morgan fingerprint density at radius 1 is 1.17 bits per heavy atom. The van der Waals surface area contributed by atoms with Crippen LogP contribution in [0.4, 0.5) is 11.6 Å². The molecule has 1 aliphatic heterocycles. The molecule has 4 rings (SSSR count). The van der Waals surface area contributed by atoms with Gasteiger partial charge >= 0.3 is 0 Å². The van der Waals surface area contributed by atoms with E-state index in [-0.39, 0.29) is 5.91 Å². The average Bonchev–Trinajstić information content (AvgIpc) is 3.21. The number of nitrogens with one attached hydrogen (secondary N) is 2. The molecule has 154 valence electrons. The molecule has 2 heterocycles. The minimum absolute atomic E-state index is 0.277. The molecule has 2 N–H and O–H groups in total. The van der Waals surface area contributed by atoms with Crippen LogP contribution in [0, 0.1) is 0 Å². The maximum absolute atomic E-state index is 13.5. The van der Waals surface area contributed by atoms with E-state index in [4.69, 9.17) is 9.47 Å². The molecule has 1 aromatic heterocycles. The summed E-state index contributed by atoms with van der Waals surface area (Å²) in [6, 6.07) is 12.6. The summed E-state index contributed by atoms with van der Waals surface area (Å²) in [5.74, 6) is 1.45. The molecule has 0 unspecified atom stereocenters. The molecule has 8 nitrogen and oxygen atoms in total. The van der Waals surface area contributed by atoms with E-state index in [2.05, 4.69) is 36.6 Å². The van der Waals surface area contributed by atoms with E-state index < -0.39 is 6.04 Å². The van der Waals surface area contributed by atoms with Gasteiger partial charge in [0.05, 0.1) is 25.5 Å². The Morgan fingerprint density at radius 2 is 1.93 bits per heavy atom. The predicted molar refractivity (Wildman–Crippen MR) is 117 cm³/mol. The van der Waals surface area contributed by atoms with Crippen molar-refractivity contribution >= 4 is 33.5 Å². The van der Waals surface area contributed by atoms with Crippen molar-refractivity contribution < 1.29 is 14.3 Å². The number of hydrogen-bond acceptors (Lipinski definition) is 6. The molecular formula is C21H20BrN5O3. The van der Waals surface area contributed by atoms with E-state index in [0.29, 0.717) is 34.4 Å². The van der Waals surface area contributed by atoms with Crippen molar-refractivity contribution in [3.63, 3.8) is 0 Å². The molecule has 0 radical (unpaired) electrons. The number of allylic oxidation sites excluding steroid dienone is 1. The van der Waals surface area contributed by atoms with Crippen LogP contribution in [-0.2, 0) is 4.79 Å². The highest BCUT2D eigenvalue weighted by Gasteiger charge is 2.33. The fourth-order valence-electron chi connectivity index (χ4n) is 3.44. The second-order valence-corrected chi connectivity index (χ2v) is 7.58. The highest BCUT2D eigenvalue weighted by Crippen LogP contribution is 2.37. The number of fused-ring (bicyclic) bond motifs is 1. The number of hydrogen-bond donors (Lipinski definition) is 2. The molecule has 3 aromatic rings. The summed E-state index contributed by atoms with van der Waals surface area (Å²) in [5, 5.41) is 10.5. The number of carbonyl (C=O) groups excluding carboxylic acids is 1. The van der Waals surface area contributed by atoms with Crippen molar-refractivity contribution in [2.75, 3.05) is 24.9 Å². The molecule has 30 heavy (non-hydrogen) atoms. The first-order valence-electron chi connectivity index (χ1n) is 9.18. The Balaban J connectivity index is 1.75. The van der Waals surface area contributed by atoms with Gasteiger partial charge in [0.2, 0.25) is 5.95 Å². The number of amides is 1. The zero-order valence-corrected chi connectivity index (χ0v) is 18.2. The predicted octanol–water partition coefficient (Wildman–Crippen LogP) is 3.99. The molecule has 1 atom stereocenters. The van der Waals surface area contributed by atoms with Gasteiger partial charge in [0.25, 0.3) is 5.91 Å². The topological polar surface area (TPSA) is 90.3 Å². The summed E-state index contributed by atoms with van der Waals surface area (Å²) >= 11 is 3.46. The summed E-state index contributed by atoms with van der Waals surface area (Å²) in [6.07, 6.45) is 1.47. The van der Waals surface area contributed by atoms with Crippen LogP contribution in [0.25, 0.3) is 0 Å². The van der Waals surface area contributed by atoms with E-state index in [1.165, 1.54) is 6.33 Å². The lowest BCUT2D eigenvalue weighted by Gasteiger charge is -2.29. The van der Waals surface area contributed by atoms with Gasteiger partial charge in [0.1, 0.15) is 23.9 Å². The number of aromatic nitrogens is 3. The average molecular weight is 470 g/mol. The lowest BCUT2D eigenvalue weighted by molar-refractivity contribution is -0.113. The highest BCUT2D eigenvalue weighted by atomic mass is 79.9. The number of anilines is 2. The smallest absolute Gasteiger partial charge is 0.255 e. The van der Waals surface area contributed by atoms with Crippen molar-refractivity contribution in [1.82, 2.24) is 14.8 Å². The van der Waals surface area contributed by atoms with Crippen LogP contribution >= 0.6 is 15.9 Å². The number of carbonyl (C=O) groups is 1. The standard InChI is InChI=1S/C21H20BrN5O3/c1-12-18(20(28)26-16-10-15(29-2)8-9-17(16)30-3)19(13-4-6-14(22)7-5-13)27-21(25-12)23-11-24-27/h4-11,19H,1-3H3,(H,26,28)(H,23,24,25)/t19-/m1/s1. The molecule has 9 heteroatoms. The van der Waals surface area contributed by atoms with Gasteiger partial charge in [-0.3, -0.25) is 4.79 Å². The van der Waals surface area contributed by atoms with Gasteiger partial charge in [-0.2, -0.15) is 10.1 Å². The van der Waals surface area contributed by atoms with Crippen LogP contribution < -0.4 is 20.1 Å². The molecule has 0 bridgehead atoms. The molecule has 1 aliphatic rings. The second-order valence-electron chi connectivity index (χ2n) is 6.67. The molecule has 0 saturated carbocycles. The van der Waals surface area contributed by atoms with Crippen molar-refractivity contribution in [2.45, 2.75) is 13.0 Å². The minimum atomic E-state index is -0.437. The summed E-state index contributed by atoms with van der Waals surface area (Å²) in [6.45, 7) is 1.85. The van der Waals surface area contributed by atoms with Gasteiger partial charge in [-0.15, -0.1) is 0 Å². The Bertz CT molecular complexity index is 1120. The van der Waals surface area contributed by atoms with Crippen LogP contribution in [-0.4, -0.2) is 34.9 Å². The molecule has 0 saturated heterocycles. The zero-order valence-electron chi connectivity index (χ0n) is 16.6. The van der Waals surface area contributed by atoms with Crippen molar-refractivity contribution in [1.29, 1.82) is 0 Å². The quantitative estimate of drug-likeness (QED) is 0.587. The van der Waals surface area contributed by atoms with Gasteiger partial charge in [-0.25, -0.2) is 4.68 Å². The SMILES string of the molecule is COc1ccc(OC)c(NC(=O)C2=C(C)Nc3ncnn3[C@@H]2c2ccc(Br)cc2)c1. The fourth-order valence-corrected chi connectivity index (χ4v) is 3.70. The van der Waals surface area contributed by atoms with Crippen LogP contribution in [0.5, 0.6) is 11.5 Å². The van der Waals surface area contributed by atoms with Crippen LogP contribution in [0.1, 0.15) is 18.5 Å². The third-order valence-electron chi connectivity index (χ3n) is 4.88. The molecule has 1 amide bonds. The van der Waals surface area contributed by atoms with Crippen LogP contribution in [0.3, 0.4) is 0 Å². The molecule has 2 aromatic carbocycles. The number of nitrogens with zero attached hydrogens (tertiary/aromatic N) is 3. The van der Waals surface area contributed by atoms with Gasteiger partial charge in [-0.05, 0) is 36.8 Å². The molecule has 0 aliphatic carbocycles. The first-order chi connectivity index (χ1) is 14.5. The van der Waals surface area contributed by atoms with Gasteiger partial charge in [0.15, 0.2) is 0 Å². The van der Waals surface area contributed by atoms with Crippen molar-refractivity contribution in [3.05, 3.63) is 70.1 Å². The highest BCUT2D eigenvalue weighted by molar-refractivity contribution is 9.10. The van der Waals surface area contributed by atoms with E-state index >= 15 is 0 Å². The first-order valence-corrected chi connectivity index (χ1v) is 9.97. The number of benzene rings is 2. The molecule has 0 spiro atoms. The van der Waals surface area contributed by atoms with Crippen molar-refractivity contribution in [3.8, 4) is 11.5 Å². The van der Waals surface area contributed by atoms with Crippen molar-refractivity contribution in [2.24, 2.45) is 0 Å². The summed E-state index contributed by atoms with van der Waals surface area (Å²) in [5.41, 5.74) is 2.65. The van der Waals surface area contributed by atoms with E-state index in [1.807, 2.05) is 31.2 Å². The first kappa shape index (κ1) is 20.0. The summed E-state index contributed by atoms with van der Waals surface area (Å²) in [7, 11) is 3.12. The second kappa shape index (κ2) is 8.19. The lowest BCUT2D eigenvalue weighted by atomic mass is 9.95. The minimum Gasteiger partial charge on any atom is -0.497 e.